The molecule has 0 amide bonds. The maximum Gasteiger partial charge on any atom is 0.313 e. The number of hydrogen-bond donors (Lipinski definition) is 0. The molecule has 0 spiro atoms. The molecule has 5 heteroatoms. The highest BCUT2D eigenvalue weighted by molar-refractivity contribution is 9.10. The van der Waals surface area contributed by atoms with Crippen LogP contribution in [0.5, 0.6) is 5.75 Å². The van der Waals surface area contributed by atoms with Gasteiger partial charge in [0.1, 0.15) is 12.4 Å². The minimum atomic E-state index is -0.229. The number of carbonyl (C=O) groups excluding carboxylic acids is 1. The molecule has 0 aliphatic heterocycles. The van der Waals surface area contributed by atoms with Crippen molar-refractivity contribution in [2.75, 3.05) is 7.11 Å². The number of methoxy groups -OCH3 is 1. The van der Waals surface area contributed by atoms with Gasteiger partial charge in [-0.05, 0) is 48.6 Å². The van der Waals surface area contributed by atoms with Crippen molar-refractivity contribution in [1.82, 2.24) is 4.98 Å². The lowest BCUT2D eigenvalue weighted by Gasteiger charge is -2.23. The maximum absolute atomic E-state index is 12.5. The molecule has 0 N–H and O–H groups in total. The Morgan fingerprint density at radius 1 is 1.14 bits per heavy atom. The van der Waals surface area contributed by atoms with Crippen molar-refractivity contribution in [3.63, 3.8) is 0 Å². The summed E-state index contributed by atoms with van der Waals surface area (Å²) in [5, 5.41) is 1.11. The van der Waals surface area contributed by atoms with Gasteiger partial charge in [0.05, 0.1) is 24.2 Å². The molecule has 4 rings (SSSR count). The number of aromatic nitrogens is 1. The second-order valence-electron chi connectivity index (χ2n) is 7.51. The molecule has 4 nitrogen and oxygen atoms in total. The lowest BCUT2D eigenvalue weighted by Crippen LogP contribution is -2.22. The molecule has 1 aliphatic carbocycles. The third-order valence-electron chi connectivity index (χ3n) is 5.68. The molecule has 0 radical (unpaired) electrons. The van der Waals surface area contributed by atoms with Gasteiger partial charge in [-0.2, -0.15) is 0 Å². The molecule has 1 atom stereocenters. The number of rotatable bonds is 6. The first-order valence-electron chi connectivity index (χ1n) is 10.0. The zero-order valence-corrected chi connectivity index (χ0v) is 18.0. The second-order valence-corrected chi connectivity index (χ2v) is 8.37. The fourth-order valence-corrected chi connectivity index (χ4v) is 4.79. The molecule has 29 heavy (non-hydrogen) atoms. The van der Waals surface area contributed by atoms with Crippen LogP contribution in [-0.4, -0.2) is 18.1 Å². The number of esters is 1. The van der Waals surface area contributed by atoms with Gasteiger partial charge < -0.3 is 9.47 Å². The smallest absolute Gasteiger partial charge is 0.313 e. The van der Waals surface area contributed by atoms with Crippen molar-refractivity contribution < 1.29 is 14.3 Å². The summed E-state index contributed by atoms with van der Waals surface area (Å²) < 4.78 is 11.9. The van der Waals surface area contributed by atoms with Crippen LogP contribution in [0, 0.1) is 5.92 Å². The highest BCUT2D eigenvalue weighted by Gasteiger charge is 2.34. The van der Waals surface area contributed by atoms with E-state index in [0.717, 1.165) is 45.2 Å². The van der Waals surface area contributed by atoms with Gasteiger partial charge in [-0.25, -0.2) is 4.98 Å². The van der Waals surface area contributed by atoms with Gasteiger partial charge in [-0.15, -0.1) is 0 Å². The summed E-state index contributed by atoms with van der Waals surface area (Å²) in [5.41, 5.74) is 2.81. The molecule has 3 aromatic rings. The molecule has 1 saturated carbocycles. The third-order valence-corrected chi connectivity index (χ3v) is 6.36. The number of pyridine rings is 1. The van der Waals surface area contributed by atoms with E-state index in [0.29, 0.717) is 12.5 Å². The van der Waals surface area contributed by atoms with E-state index in [2.05, 4.69) is 27.0 Å². The van der Waals surface area contributed by atoms with E-state index in [4.69, 9.17) is 9.47 Å². The standard InChI is InChI=1S/C24H24BrNO3/c1-28-24(27)23(17-7-2-3-8-17)20-13-12-19(14-21(20)25)29-15-18-11-10-16-6-4-5-9-22(16)26-18/h4-6,9-14,17,23H,2-3,7-8,15H2,1H3. The molecule has 1 unspecified atom stereocenters. The Balaban J connectivity index is 1.50. The zero-order valence-electron chi connectivity index (χ0n) is 16.4. The largest absolute Gasteiger partial charge is 0.487 e. The van der Waals surface area contributed by atoms with E-state index in [1.807, 2.05) is 48.5 Å². The summed E-state index contributed by atoms with van der Waals surface area (Å²) in [5.74, 6) is 0.692. The first-order valence-corrected chi connectivity index (χ1v) is 10.8. The fourth-order valence-electron chi connectivity index (χ4n) is 4.19. The Bertz CT molecular complexity index is 1010. The number of para-hydroxylation sites is 1. The predicted octanol–water partition coefficient (Wildman–Crippen LogP) is 6.02. The Labute approximate surface area is 179 Å². The molecule has 1 fully saturated rings. The second kappa shape index (κ2) is 8.95. The summed E-state index contributed by atoms with van der Waals surface area (Å²) in [6, 6.07) is 17.9. The van der Waals surface area contributed by atoms with Crippen LogP contribution in [0.2, 0.25) is 0 Å². The van der Waals surface area contributed by atoms with E-state index in [9.17, 15) is 4.79 Å². The van der Waals surface area contributed by atoms with Crippen LogP contribution in [0.25, 0.3) is 10.9 Å². The number of halogens is 1. The molecule has 0 saturated heterocycles. The van der Waals surface area contributed by atoms with Crippen LogP contribution in [0.15, 0.2) is 59.1 Å². The Morgan fingerprint density at radius 3 is 2.69 bits per heavy atom. The number of carbonyl (C=O) groups is 1. The van der Waals surface area contributed by atoms with E-state index in [1.165, 1.54) is 20.0 Å². The highest BCUT2D eigenvalue weighted by atomic mass is 79.9. The van der Waals surface area contributed by atoms with Gasteiger partial charge in [0.25, 0.3) is 0 Å². The molecule has 1 heterocycles. The van der Waals surface area contributed by atoms with E-state index in [1.54, 1.807) is 0 Å². The minimum absolute atomic E-state index is 0.161. The molecule has 150 valence electrons. The van der Waals surface area contributed by atoms with Crippen LogP contribution < -0.4 is 4.74 Å². The van der Waals surface area contributed by atoms with E-state index in [-0.39, 0.29) is 11.9 Å². The molecule has 1 aromatic heterocycles. The Morgan fingerprint density at radius 2 is 1.93 bits per heavy atom. The van der Waals surface area contributed by atoms with Gasteiger partial charge >= 0.3 is 5.97 Å². The predicted molar refractivity (Wildman–Crippen MR) is 117 cm³/mol. The number of ether oxygens (including phenoxy) is 2. The van der Waals surface area contributed by atoms with Crippen molar-refractivity contribution in [3.8, 4) is 5.75 Å². The third kappa shape index (κ3) is 4.45. The van der Waals surface area contributed by atoms with Gasteiger partial charge in [0, 0.05) is 9.86 Å². The SMILES string of the molecule is COC(=O)C(c1ccc(OCc2ccc3ccccc3n2)cc1Br)C1CCCC1. The fraction of sp³-hybridized carbons (Fsp3) is 0.333. The topological polar surface area (TPSA) is 48.4 Å². The molecular weight excluding hydrogens is 430 g/mol. The lowest BCUT2D eigenvalue weighted by atomic mass is 9.85. The van der Waals surface area contributed by atoms with Crippen LogP contribution in [0.4, 0.5) is 0 Å². The Kier molecular flexibility index (Phi) is 6.14. The van der Waals surface area contributed by atoms with E-state index < -0.39 is 0 Å². The van der Waals surface area contributed by atoms with Crippen molar-refractivity contribution in [3.05, 3.63) is 70.3 Å². The van der Waals surface area contributed by atoms with Crippen molar-refractivity contribution in [2.24, 2.45) is 5.92 Å². The van der Waals surface area contributed by atoms with Crippen LogP contribution >= 0.6 is 15.9 Å². The number of benzene rings is 2. The number of fused-ring (bicyclic) bond motifs is 1. The maximum atomic E-state index is 12.5. The van der Waals surface area contributed by atoms with Crippen molar-refractivity contribution in [2.45, 2.75) is 38.2 Å². The minimum Gasteiger partial charge on any atom is -0.487 e. The van der Waals surface area contributed by atoms with Crippen LogP contribution in [0.1, 0.15) is 42.9 Å². The molecular formula is C24H24BrNO3. The summed E-state index contributed by atoms with van der Waals surface area (Å²) in [4.78, 5) is 17.1. The van der Waals surface area contributed by atoms with E-state index >= 15 is 0 Å². The summed E-state index contributed by atoms with van der Waals surface area (Å²) in [7, 11) is 1.46. The monoisotopic (exact) mass is 453 g/mol. The Hall–Kier alpha value is -2.40. The lowest BCUT2D eigenvalue weighted by molar-refractivity contribution is -0.143. The normalized spacial score (nSPS) is 15.4. The van der Waals surface area contributed by atoms with Crippen LogP contribution in [-0.2, 0) is 16.1 Å². The number of hydrogen-bond acceptors (Lipinski definition) is 4. The first kappa shape index (κ1) is 19.9. The summed E-state index contributed by atoms with van der Waals surface area (Å²) in [6.07, 6.45) is 4.49. The van der Waals surface area contributed by atoms with Gasteiger partial charge in [-0.1, -0.05) is 59.1 Å². The average Bonchev–Trinajstić information content (AvgIpc) is 3.28. The molecule has 2 aromatic carbocycles. The van der Waals surface area contributed by atoms with Gasteiger partial charge in [0.2, 0.25) is 0 Å². The van der Waals surface area contributed by atoms with Crippen LogP contribution in [0.3, 0.4) is 0 Å². The van der Waals surface area contributed by atoms with Crippen molar-refractivity contribution >= 4 is 32.8 Å². The molecule has 1 aliphatic rings. The van der Waals surface area contributed by atoms with Gasteiger partial charge in [0.15, 0.2) is 0 Å². The average molecular weight is 454 g/mol. The first-order chi connectivity index (χ1) is 14.2. The highest BCUT2D eigenvalue weighted by Crippen LogP contribution is 2.41. The summed E-state index contributed by atoms with van der Waals surface area (Å²) >= 11 is 3.65. The van der Waals surface area contributed by atoms with Crippen molar-refractivity contribution in [1.29, 1.82) is 0 Å². The quantitative estimate of drug-likeness (QED) is 0.427. The molecule has 0 bridgehead atoms. The zero-order chi connectivity index (χ0) is 20.2. The summed E-state index contributed by atoms with van der Waals surface area (Å²) in [6.45, 7) is 0.389. The van der Waals surface area contributed by atoms with Gasteiger partial charge in [-0.3, -0.25) is 4.79 Å². The number of nitrogens with zero attached hydrogens (tertiary/aromatic N) is 1.